The topological polar surface area (TPSA) is 89.6 Å². The molecule has 0 bridgehead atoms. The molecule has 0 fully saturated rings. The van der Waals surface area contributed by atoms with Crippen molar-refractivity contribution in [3.8, 4) is 16.8 Å². The molecule has 27 heavy (non-hydrogen) atoms. The summed E-state index contributed by atoms with van der Waals surface area (Å²) < 4.78 is 1.43. The monoisotopic (exact) mass is 353 g/mol. The number of pyridine rings is 1. The lowest BCUT2D eigenvalue weighted by Gasteiger charge is -2.11. The predicted molar refractivity (Wildman–Crippen MR) is 107 cm³/mol. The van der Waals surface area contributed by atoms with Gasteiger partial charge in [-0.1, -0.05) is 24.3 Å². The number of nitrogens with two attached hydrogens (primary N) is 1. The summed E-state index contributed by atoms with van der Waals surface area (Å²) in [6.45, 7) is 0. The zero-order chi connectivity index (χ0) is 18.4. The van der Waals surface area contributed by atoms with Gasteiger partial charge in [0.25, 0.3) is 5.56 Å². The smallest absolute Gasteiger partial charge is 0.267 e. The van der Waals surface area contributed by atoms with Crippen LogP contribution >= 0.6 is 0 Å². The number of anilines is 1. The molecule has 0 radical (unpaired) electrons. The summed E-state index contributed by atoms with van der Waals surface area (Å²) in [5, 5.41) is 0.511. The summed E-state index contributed by atoms with van der Waals surface area (Å²) >= 11 is 0. The van der Waals surface area contributed by atoms with Crippen molar-refractivity contribution < 1.29 is 0 Å². The largest absolute Gasteiger partial charge is 0.369 e. The van der Waals surface area contributed by atoms with Crippen molar-refractivity contribution in [3.05, 3.63) is 83.4 Å². The lowest BCUT2D eigenvalue weighted by atomic mass is 10.0. The summed E-state index contributed by atoms with van der Waals surface area (Å²) in [7, 11) is 0. The molecule has 3 aromatic heterocycles. The number of aromatic amines is 1. The van der Waals surface area contributed by atoms with Crippen LogP contribution in [0.4, 0.5) is 5.95 Å². The van der Waals surface area contributed by atoms with E-state index in [2.05, 4.69) is 15.0 Å². The average molecular weight is 353 g/mol. The zero-order valence-electron chi connectivity index (χ0n) is 14.3. The first-order valence-corrected chi connectivity index (χ1v) is 8.52. The molecule has 2 aromatic carbocycles. The molecule has 0 aliphatic carbocycles. The van der Waals surface area contributed by atoms with Gasteiger partial charge in [-0.3, -0.25) is 9.78 Å². The number of rotatable bonds is 2. The zero-order valence-corrected chi connectivity index (χ0v) is 14.3. The lowest BCUT2D eigenvalue weighted by molar-refractivity contribution is 0.983. The van der Waals surface area contributed by atoms with Gasteiger partial charge in [-0.2, -0.15) is 0 Å². The van der Waals surface area contributed by atoms with Crippen LogP contribution in [0.15, 0.2) is 77.9 Å². The van der Waals surface area contributed by atoms with Crippen LogP contribution < -0.4 is 11.3 Å². The maximum atomic E-state index is 13.1. The molecule has 0 atom stereocenters. The van der Waals surface area contributed by atoms with Gasteiger partial charge in [0.2, 0.25) is 5.95 Å². The number of nitrogens with one attached hydrogen (secondary N) is 1. The molecule has 0 unspecified atom stereocenters. The maximum Gasteiger partial charge on any atom is 0.267 e. The fourth-order valence-electron chi connectivity index (χ4n) is 3.30. The number of nitrogen functional groups attached to an aromatic ring is 1. The second kappa shape index (κ2) is 5.81. The molecular formula is C21H15N5O. The van der Waals surface area contributed by atoms with Gasteiger partial charge in [-0.15, -0.1) is 0 Å². The molecule has 0 aliphatic rings. The van der Waals surface area contributed by atoms with E-state index in [4.69, 9.17) is 5.73 Å². The van der Waals surface area contributed by atoms with Gasteiger partial charge in [-0.05, 0) is 42.0 Å². The highest BCUT2D eigenvalue weighted by Crippen LogP contribution is 2.25. The molecule has 3 N–H and O–H groups in total. The SMILES string of the molecule is Nc1nc2ccc(-c3cnc4cc[nH]c4c3)cc2c(=O)n1-c1ccccc1. The number of H-pyrrole nitrogens is 1. The predicted octanol–water partition coefficient (Wildman–Crippen LogP) is 3.51. The summed E-state index contributed by atoms with van der Waals surface area (Å²) in [6, 6.07) is 18.8. The molecule has 130 valence electrons. The molecule has 5 rings (SSSR count). The van der Waals surface area contributed by atoms with Crippen LogP contribution in [0.1, 0.15) is 0 Å². The quantitative estimate of drug-likeness (QED) is 0.508. The van der Waals surface area contributed by atoms with Crippen molar-refractivity contribution in [3.63, 3.8) is 0 Å². The Morgan fingerprint density at radius 1 is 0.926 bits per heavy atom. The van der Waals surface area contributed by atoms with Crippen molar-refractivity contribution in [1.82, 2.24) is 19.5 Å². The van der Waals surface area contributed by atoms with Crippen molar-refractivity contribution in [2.75, 3.05) is 5.73 Å². The van der Waals surface area contributed by atoms with E-state index in [1.807, 2.05) is 66.9 Å². The van der Waals surface area contributed by atoms with Gasteiger partial charge in [0.05, 0.1) is 27.6 Å². The maximum absolute atomic E-state index is 13.1. The number of para-hydroxylation sites is 1. The van der Waals surface area contributed by atoms with E-state index >= 15 is 0 Å². The first-order chi connectivity index (χ1) is 13.2. The van der Waals surface area contributed by atoms with Crippen molar-refractivity contribution in [2.45, 2.75) is 0 Å². The van der Waals surface area contributed by atoms with Gasteiger partial charge in [0.15, 0.2) is 0 Å². The minimum absolute atomic E-state index is 0.168. The third-order valence-corrected chi connectivity index (χ3v) is 4.64. The van der Waals surface area contributed by atoms with Crippen LogP contribution in [-0.2, 0) is 0 Å². The van der Waals surface area contributed by atoms with Crippen LogP contribution in [0.5, 0.6) is 0 Å². The summed E-state index contributed by atoms with van der Waals surface area (Å²) in [5.74, 6) is 0.168. The fourth-order valence-corrected chi connectivity index (χ4v) is 3.30. The van der Waals surface area contributed by atoms with E-state index in [0.29, 0.717) is 16.6 Å². The first-order valence-electron chi connectivity index (χ1n) is 8.52. The van der Waals surface area contributed by atoms with Gasteiger partial charge >= 0.3 is 0 Å². The van der Waals surface area contributed by atoms with Crippen LogP contribution in [0.3, 0.4) is 0 Å². The Hall–Kier alpha value is -3.93. The molecule has 0 saturated heterocycles. The van der Waals surface area contributed by atoms with E-state index in [-0.39, 0.29) is 11.5 Å². The first kappa shape index (κ1) is 15.3. The number of benzene rings is 2. The Bertz CT molecular complexity index is 1350. The lowest BCUT2D eigenvalue weighted by Crippen LogP contribution is -2.23. The Balaban J connectivity index is 1.74. The van der Waals surface area contributed by atoms with E-state index in [1.165, 1.54) is 4.57 Å². The summed E-state index contributed by atoms with van der Waals surface area (Å²) in [5.41, 5.74) is 10.8. The second-order valence-electron chi connectivity index (χ2n) is 6.31. The molecular weight excluding hydrogens is 338 g/mol. The Morgan fingerprint density at radius 3 is 2.63 bits per heavy atom. The van der Waals surface area contributed by atoms with E-state index in [1.54, 1.807) is 6.20 Å². The van der Waals surface area contributed by atoms with Crippen molar-refractivity contribution in [2.24, 2.45) is 0 Å². The standard InChI is InChI=1S/C21H15N5O/c22-21-25-17-7-6-13(14-11-19-18(24-12-14)8-9-23-19)10-16(17)20(27)26(21)15-4-2-1-3-5-15/h1-12,23H,(H2,22,25). The van der Waals surface area contributed by atoms with Gasteiger partial charge in [0.1, 0.15) is 0 Å². The molecule has 0 amide bonds. The minimum atomic E-state index is -0.195. The molecule has 5 aromatic rings. The highest BCUT2D eigenvalue weighted by Gasteiger charge is 2.12. The molecule has 0 saturated carbocycles. The van der Waals surface area contributed by atoms with E-state index in [0.717, 1.165) is 22.2 Å². The van der Waals surface area contributed by atoms with Gasteiger partial charge < -0.3 is 10.7 Å². The Kier molecular flexibility index (Phi) is 3.30. The third-order valence-electron chi connectivity index (χ3n) is 4.64. The van der Waals surface area contributed by atoms with Crippen LogP contribution in [0.2, 0.25) is 0 Å². The summed E-state index contributed by atoms with van der Waals surface area (Å²) in [4.78, 5) is 25.1. The van der Waals surface area contributed by atoms with Gasteiger partial charge in [-0.25, -0.2) is 9.55 Å². The summed E-state index contributed by atoms with van der Waals surface area (Å²) in [6.07, 6.45) is 3.66. The highest BCUT2D eigenvalue weighted by molar-refractivity contribution is 5.87. The second-order valence-corrected chi connectivity index (χ2v) is 6.31. The number of aromatic nitrogens is 4. The number of hydrogen-bond donors (Lipinski definition) is 2. The number of nitrogens with zero attached hydrogens (tertiary/aromatic N) is 3. The average Bonchev–Trinajstić information content (AvgIpc) is 3.16. The Labute approximate surface area is 153 Å². The minimum Gasteiger partial charge on any atom is -0.369 e. The fraction of sp³-hybridized carbons (Fsp3) is 0. The number of hydrogen-bond acceptors (Lipinski definition) is 4. The van der Waals surface area contributed by atoms with E-state index < -0.39 is 0 Å². The highest BCUT2D eigenvalue weighted by atomic mass is 16.1. The van der Waals surface area contributed by atoms with Crippen molar-refractivity contribution in [1.29, 1.82) is 0 Å². The van der Waals surface area contributed by atoms with Crippen LogP contribution in [0, 0.1) is 0 Å². The molecule has 0 aliphatic heterocycles. The normalized spacial score (nSPS) is 11.3. The Morgan fingerprint density at radius 2 is 1.78 bits per heavy atom. The van der Waals surface area contributed by atoms with Gasteiger partial charge in [0, 0.05) is 18.0 Å². The molecule has 6 nitrogen and oxygen atoms in total. The third kappa shape index (κ3) is 2.46. The van der Waals surface area contributed by atoms with E-state index in [9.17, 15) is 4.79 Å². The van der Waals surface area contributed by atoms with Crippen LogP contribution in [-0.4, -0.2) is 19.5 Å². The van der Waals surface area contributed by atoms with Crippen molar-refractivity contribution >= 4 is 27.9 Å². The number of fused-ring (bicyclic) bond motifs is 2. The molecule has 6 heteroatoms. The molecule has 3 heterocycles. The molecule has 0 spiro atoms. The van der Waals surface area contributed by atoms with Crippen LogP contribution in [0.25, 0.3) is 38.8 Å².